The summed E-state index contributed by atoms with van der Waals surface area (Å²) in [7, 11) is 0. The molecule has 0 saturated heterocycles. The lowest BCUT2D eigenvalue weighted by Crippen LogP contribution is -2.05. The molecule has 0 unspecified atom stereocenters. The van der Waals surface area contributed by atoms with E-state index < -0.39 is 0 Å². The van der Waals surface area contributed by atoms with Crippen molar-refractivity contribution in [1.82, 2.24) is 9.55 Å². The number of hydrogen-bond acceptors (Lipinski definition) is 2. The van der Waals surface area contributed by atoms with Gasteiger partial charge < -0.3 is 10.3 Å². The first-order valence-corrected chi connectivity index (χ1v) is 7.33. The summed E-state index contributed by atoms with van der Waals surface area (Å²) in [5, 5.41) is 1.13. The summed E-state index contributed by atoms with van der Waals surface area (Å²) in [5.74, 6) is 0.565. The van der Waals surface area contributed by atoms with Crippen molar-refractivity contribution in [2.45, 2.75) is 33.7 Å². The Morgan fingerprint density at radius 1 is 1.05 bits per heavy atom. The topological polar surface area (TPSA) is 43.8 Å². The van der Waals surface area contributed by atoms with Crippen LogP contribution in [0.2, 0.25) is 0 Å². The maximum absolute atomic E-state index is 5.88. The van der Waals surface area contributed by atoms with Crippen molar-refractivity contribution >= 4 is 16.9 Å². The minimum absolute atomic E-state index is 0.325. The number of pyridine rings is 1. The Labute approximate surface area is 125 Å². The van der Waals surface area contributed by atoms with Gasteiger partial charge in [-0.05, 0) is 57.0 Å². The van der Waals surface area contributed by atoms with Crippen molar-refractivity contribution in [2.75, 3.05) is 5.73 Å². The van der Waals surface area contributed by atoms with Gasteiger partial charge in [0.15, 0.2) is 0 Å². The molecule has 0 atom stereocenters. The lowest BCUT2D eigenvalue weighted by atomic mass is 9.99. The molecular weight excluding hydrogens is 258 g/mol. The van der Waals surface area contributed by atoms with Crippen molar-refractivity contribution in [2.24, 2.45) is 0 Å². The Morgan fingerprint density at radius 3 is 2.33 bits per heavy atom. The van der Waals surface area contributed by atoms with Crippen molar-refractivity contribution < 1.29 is 0 Å². The monoisotopic (exact) mass is 279 g/mol. The number of nitrogen functional groups attached to an aromatic ring is 1. The molecule has 21 heavy (non-hydrogen) atoms. The highest BCUT2D eigenvalue weighted by molar-refractivity contribution is 5.87. The predicted molar refractivity (Wildman–Crippen MR) is 89.4 cm³/mol. The summed E-state index contributed by atoms with van der Waals surface area (Å²) in [6.07, 6.45) is 0. The molecule has 2 heterocycles. The average Bonchev–Trinajstić information content (AvgIpc) is 2.76. The van der Waals surface area contributed by atoms with Gasteiger partial charge in [-0.15, -0.1) is 0 Å². The normalized spacial score (nSPS) is 11.5. The molecule has 3 nitrogen and oxygen atoms in total. The molecule has 0 aliphatic heterocycles. The Kier molecular flexibility index (Phi) is 3.20. The molecule has 0 aliphatic carbocycles. The minimum Gasteiger partial charge on any atom is -0.384 e. The van der Waals surface area contributed by atoms with Gasteiger partial charge in [-0.25, -0.2) is 4.98 Å². The van der Waals surface area contributed by atoms with E-state index in [1.54, 1.807) is 0 Å². The van der Waals surface area contributed by atoms with Crippen LogP contribution in [0.15, 0.2) is 36.4 Å². The smallest absolute Gasteiger partial charge is 0.143 e. The number of fused-ring (bicyclic) bond motifs is 1. The molecule has 2 N–H and O–H groups in total. The van der Waals surface area contributed by atoms with E-state index in [2.05, 4.69) is 61.5 Å². The zero-order valence-corrected chi connectivity index (χ0v) is 13.0. The van der Waals surface area contributed by atoms with E-state index in [1.807, 2.05) is 12.1 Å². The second-order valence-electron chi connectivity index (χ2n) is 5.91. The molecule has 0 fully saturated rings. The summed E-state index contributed by atoms with van der Waals surface area (Å²) in [6, 6.07) is 12.9. The van der Waals surface area contributed by atoms with Crippen LogP contribution in [0.25, 0.3) is 22.3 Å². The lowest BCUT2D eigenvalue weighted by molar-refractivity contribution is 0.624. The van der Waals surface area contributed by atoms with Gasteiger partial charge in [-0.1, -0.05) is 18.2 Å². The molecule has 3 aromatic rings. The van der Waals surface area contributed by atoms with Gasteiger partial charge in [0.25, 0.3) is 0 Å². The zero-order valence-electron chi connectivity index (χ0n) is 13.0. The largest absolute Gasteiger partial charge is 0.384 e. The van der Waals surface area contributed by atoms with E-state index in [1.165, 1.54) is 22.4 Å². The number of rotatable bonds is 2. The first kappa shape index (κ1) is 13.7. The summed E-state index contributed by atoms with van der Waals surface area (Å²) >= 11 is 0. The van der Waals surface area contributed by atoms with Crippen molar-refractivity contribution in [3.63, 3.8) is 0 Å². The first-order chi connectivity index (χ1) is 9.99. The molecule has 0 spiro atoms. The molecule has 3 heteroatoms. The fourth-order valence-electron chi connectivity index (χ4n) is 3.04. The van der Waals surface area contributed by atoms with Crippen LogP contribution in [0.3, 0.4) is 0 Å². The standard InChI is InChI=1S/C18H21N3/c1-11(2)21-15(17-12(3)6-5-7-13(17)4)10-14-8-9-16(19)20-18(14)21/h5-11H,1-4H3,(H2,19,20). The third kappa shape index (κ3) is 2.19. The first-order valence-electron chi connectivity index (χ1n) is 7.33. The van der Waals surface area contributed by atoms with Gasteiger partial charge in [0.05, 0.1) is 5.69 Å². The average molecular weight is 279 g/mol. The summed E-state index contributed by atoms with van der Waals surface area (Å²) in [6.45, 7) is 8.68. The molecule has 0 bridgehead atoms. The van der Waals surface area contributed by atoms with Gasteiger partial charge >= 0.3 is 0 Å². The Hall–Kier alpha value is -2.29. The van der Waals surface area contributed by atoms with Crippen LogP contribution in [0, 0.1) is 13.8 Å². The van der Waals surface area contributed by atoms with Crippen LogP contribution >= 0.6 is 0 Å². The van der Waals surface area contributed by atoms with Crippen molar-refractivity contribution in [3.8, 4) is 11.3 Å². The van der Waals surface area contributed by atoms with Crippen LogP contribution in [0.1, 0.15) is 31.0 Å². The molecule has 0 aliphatic rings. The van der Waals surface area contributed by atoms with Crippen LogP contribution in [-0.4, -0.2) is 9.55 Å². The second kappa shape index (κ2) is 4.92. The Morgan fingerprint density at radius 2 is 1.71 bits per heavy atom. The molecule has 2 aromatic heterocycles. The summed E-state index contributed by atoms with van der Waals surface area (Å²) in [5.41, 5.74) is 11.9. The molecule has 0 amide bonds. The number of nitrogens with zero attached hydrogens (tertiary/aromatic N) is 2. The number of aryl methyl sites for hydroxylation is 2. The maximum Gasteiger partial charge on any atom is 0.143 e. The third-order valence-electron chi connectivity index (χ3n) is 3.96. The van der Waals surface area contributed by atoms with Gasteiger partial charge in [-0.2, -0.15) is 0 Å². The third-order valence-corrected chi connectivity index (χ3v) is 3.96. The molecule has 0 saturated carbocycles. The van der Waals surface area contributed by atoms with Gasteiger partial charge in [0.1, 0.15) is 11.5 Å². The lowest BCUT2D eigenvalue weighted by Gasteiger charge is -2.17. The van der Waals surface area contributed by atoms with E-state index in [-0.39, 0.29) is 0 Å². The molecule has 1 aromatic carbocycles. The number of anilines is 1. The number of aromatic nitrogens is 2. The number of benzene rings is 1. The molecule has 3 rings (SSSR count). The molecular formula is C18H21N3. The van der Waals surface area contributed by atoms with Gasteiger partial charge in [0.2, 0.25) is 0 Å². The van der Waals surface area contributed by atoms with Crippen LogP contribution in [0.5, 0.6) is 0 Å². The van der Waals surface area contributed by atoms with Crippen LogP contribution in [-0.2, 0) is 0 Å². The number of hydrogen-bond donors (Lipinski definition) is 1. The highest BCUT2D eigenvalue weighted by Crippen LogP contribution is 2.34. The highest BCUT2D eigenvalue weighted by atomic mass is 15.1. The van der Waals surface area contributed by atoms with Gasteiger partial charge in [0, 0.05) is 17.0 Å². The maximum atomic E-state index is 5.88. The minimum atomic E-state index is 0.325. The Balaban J connectivity index is 2.40. The predicted octanol–water partition coefficient (Wildman–Crippen LogP) is 4.48. The molecule has 108 valence electrons. The van der Waals surface area contributed by atoms with E-state index in [4.69, 9.17) is 5.73 Å². The summed E-state index contributed by atoms with van der Waals surface area (Å²) < 4.78 is 2.28. The van der Waals surface area contributed by atoms with Crippen LogP contribution < -0.4 is 5.73 Å². The molecule has 0 radical (unpaired) electrons. The van der Waals surface area contributed by atoms with E-state index >= 15 is 0 Å². The fourth-order valence-corrected chi connectivity index (χ4v) is 3.04. The quantitative estimate of drug-likeness (QED) is 0.751. The zero-order chi connectivity index (χ0) is 15.1. The van der Waals surface area contributed by atoms with E-state index in [0.717, 1.165) is 11.0 Å². The van der Waals surface area contributed by atoms with E-state index in [9.17, 15) is 0 Å². The summed E-state index contributed by atoms with van der Waals surface area (Å²) in [4.78, 5) is 4.54. The highest BCUT2D eigenvalue weighted by Gasteiger charge is 2.17. The van der Waals surface area contributed by atoms with Crippen molar-refractivity contribution in [1.29, 1.82) is 0 Å². The van der Waals surface area contributed by atoms with Gasteiger partial charge in [-0.3, -0.25) is 0 Å². The Bertz CT molecular complexity index is 792. The SMILES string of the molecule is Cc1cccc(C)c1-c1cc2ccc(N)nc2n1C(C)C. The van der Waals surface area contributed by atoms with Crippen LogP contribution in [0.4, 0.5) is 5.82 Å². The van der Waals surface area contributed by atoms with Crippen molar-refractivity contribution in [3.05, 3.63) is 47.5 Å². The second-order valence-corrected chi connectivity index (χ2v) is 5.91. The van der Waals surface area contributed by atoms with E-state index in [0.29, 0.717) is 11.9 Å². The number of nitrogens with two attached hydrogens (primary N) is 1. The fraction of sp³-hybridized carbons (Fsp3) is 0.278.